The average Bonchev–Trinajstić information content (AvgIpc) is 2.97. The van der Waals surface area contributed by atoms with Gasteiger partial charge in [0, 0.05) is 12.2 Å². The van der Waals surface area contributed by atoms with Gasteiger partial charge in [0.15, 0.2) is 0 Å². The largest absolute Gasteiger partial charge is 0.416 e. The molecule has 0 radical (unpaired) electrons. The molecular formula is C17H22F3N3O2. The minimum absolute atomic E-state index is 0.0933. The van der Waals surface area contributed by atoms with Gasteiger partial charge in [-0.05, 0) is 44.1 Å². The first-order chi connectivity index (χ1) is 11.8. The topological polar surface area (TPSA) is 55.8 Å². The predicted molar refractivity (Wildman–Crippen MR) is 87.3 cm³/mol. The third-order valence-electron chi connectivity index (χ3n) is 4.85. The number of nitrogens with zero attached hydrogens (tertiary/aromatic N) is 2. The van der Waals surface area contributed by atoms with Gasteiger partial charge < -0.3 is 15.3 Å². The number of carbonyl (C=O) groups is 1. The van der Waals surface area contributed by atoms with E-state index in [4.69, 9.17) is 0 Å². The lowest BCUT2D eigenvalue weighted by molar-refractivity contribution is -0.137. The van der Waals surface area contributed by atoms with Gasteiger partial charge in [0.1, 0.15) is 0 Å². The van der Waals surface area contributed by atoms with E-state index in [2.05, 4.69) is 10.2 Å². The van der Waals surface area contributed by atoms with Crippen LogP contribution < -0.4 is 5.32 Å². The summed E-state index contributed by atoms with van der Waals surface area (Å²) < 4.78 is 38.3. The fourth-order valence-corrected chi connectivity index (χ4v) is 3.52. The number of carbonyl (C=O) groups excluding carboxylic acids is 1. The van der Waals surface area contributed by atoms with Crippen LogP contribution in [0.1, 0.15) is 24.8 Å². The number of amides is 2. The lowest BCUT2D eigenvalue weighted by atomic mass is 10.1. The number of benzene rings is 1. The number of piperidine rings is 1. The van der Waals surface area contributed by atoms with Crippen molar-refractivity contribution in [3.05, 3.63) is 29.8 Å². The standard InChI is InChI=1S/C17H22F3N3O2/c18-17(19,20)12-5-4-6-13(9-12)21-16(25)23-10-14(15(24)11-23)22-7-2-1-3-8-22/h4-6,9,14-15,24H,1-3,7-8,10-11H2,(H,21,25)/t14-,15-/m0/s1. The lowest BCUT2D eigenvalue weighted by Gasteiger charge is -2.33. The number of alkyl halides is 3. The Morgan fingerprint density at radius 1 is 1.16 bits per heavy atom. The summed E-state index contributed by atoms with van der Waals surface area (Å²) in [6, 6.07) is 3.95. The smallest absolute Gasteiger partial charge is 0.390 e. The zero-order valence-electron chi connectivity index (χ0n) is 13.8. The van der Waals surface area contributed by atoms with E-state index in [1.54, 1.807) is 0 Å². The van der Waals surface area contributed by atoms with Crippen LogP contribution in [-0.2, 0) is 6.18 Å². The Morgan fingerprint density at radius 3 is 2.56 bits per heavy atom. The number of β-amino-alcohol motifs (C(OH)–C–C–N with tert-alkyl or cyclic N) is 1. The summed E-state index contributed by atoms with van der Waals surface area (Å²) in [7, 11) is 0. The van der Waals surface area contributed by atoms with Crippen LogP contribution in [0.3, 0.4) is 0 Å². The Kier molecular flexibility index (Phi) is 5.19. The van der Waals surface area contributed by atoms with Gasteiger partial charge in [-0.25, -0.2) is 4.79 Å². The molecule has 5 nitrogen and oxygen atoms in total. The fraction of sp³-hybridized carbons (Fsp3) is 0.588. The van der Waals surface area contributed by atoms with Crippen molar-refractivity contribution in [2.45, 2.75) is 37.6 Å². The summed E-state index contributed by atoms with van der Waals surface area (Å²) in [5, 5.41) is 12.8. The summed E-state index contributed by atoms with van der Waals surface area (Å²) in [4.78, 5) is 16.0. The average molecular weight is 357 g/mol. The molecular weight excluding hydrogens is 335 g/mol. The van der Waals surface area contributed by atoms with E-state index in [9.17, 15) is 23.1 Å². The Hall–Kier alpha value is -1.80. The highest BCUT2D eigenvalue weighted by Gasteiger charge is 2.38. The van der Waals surface area contributed by atoms with E-state index < -0.39 is 23.9 Å². The summed E-state index contributed by atoms with van der Waals surface area (Å²) in [5.74, 6) is 0. The first-order valence-corrected chi connectivity index (χ1v) is 8.50. The van der Waals surface area contributed by atoms with Gasteiger partial charge in [-0.1, -0.05) is 12.5 Å². The quantitative estimate of drug-likeness (QED) is 0.856. The van der Waals surface area contributed by atoms with Crippen molar-refractivity contribution in [2.75, 3.05) is 31.5 Å². The first-order valence-electron chi connectivity index (χ1n) is 8.50. The molecule has 3 rings (SSSR count). The van der Waals surface area contributed by atoms with E-state index in [-0.39, 0.29) is 18.3 Å². The minimum atomic E-state index is -4.45. The molecule has 0 bridgehead atoms. The molecule has 2 heterocycles. The molecule has 2 amide bonds. The zero-order valence-corrected chi connectivity index (χ0v) is 13.8. The number of hydrogen-bond acceptors (Lipinski definition) is 3. The van der Waals surface area contributed by atoms with Crippen LogP contribution in [0.15, 0.2) is 24.3 Å². The summed E-state index contributed by atoms with van der Waals surface area (Å²) in [5.41, 5.74) is -0.714. The van der Waals surface area contributed by atoms with Crippen LogP contribution in [-0.4, -0.2) is 59.3 Å². The van der Waals surface area contributed by atoms with Gasteiger partial charge in [0.05, 0.1) is 24.3 Å². The lowest BCUT2D eigenvalue weighted by Crippen LogP contribution is -2.46. The van der Waals surface area contributed by atoms with Crippen LogP contribution >= 0.6 is 0 Å². The van der Waals surface area contributed by atoms with Crippen molar-refractivity contribution in [1.29, 1.82) is 0 Å². The molecule has 2 saturated heterocycles. The second kappa shape index (κ2) is 7.21. The molecule has 2 aliphatic heterocycles. The first kappa shape index (κ1) is 18.0. The maximum Gasteiger partial charge on any atom is 0.416 e. The number of aliphatic hydroxyl groups is 1. The molecule has 2 atom stereocenters. The Labute approximate surface area is 144 Å². The maximum atomic E-state index is 12.8. The van der Waals surface area contributed by atoms with Crippen LogP contribution in [0.5, 0.6) is 0 Å². The number of nitrogens with one attached hydrogen (secondary N) is 1. The fourth-order valence-electron chi connectivity index (χ4n) is 3.52. The van der Waals surface area contributed by atoms with Gasteiger partial charge in [0.25, 0.3) is 0 Å². The van der Waals surface area contributed by atoms with Crippen LogP contribution in [0.2, 0.25) is 0 Å². The molecule has 138 valence electrons. The third kappa shape index (κ3) is 4.24. The zero-order chi connectivity index (χ0) is 18.0. The van der Waals surface area contributed by atoms with Gasteiger partial charge in [-0.2, -0.15) is 13.2 Å². The molecule has 0 saturated carbocycles. The second-order valence-corrected chi connectivity index (χ2v) is 6.65. The van der Waals surface area contributed by atoms with E-state index in [1.165, 1.54) is 23.5 Å². The molecule has 1 aromatic carbocycles. The van der Waals surface area contributed by atoms with E-state index >= 15 is 0 Å². The highest BCUT2D eigenvalue weighted by molar-refractivity contribution is 5.89. The van der Waals surface area contributed by atoms with Gasteiger partial charge in [-0.15, -0.1) is 0 Å². The number of likely N-dealkylation sites (tertiary alicyclic amines) is 2. The number of urea groups is 1. The number of aliphatic hydroxyl groups excluding tert-OH is 1. The number of anilines is 1. The molecule has 1 aromatic rings. The Morgan fingerprint density at radius 2 is 1.88 bits per heavy atom. The summed E-state index contributed by atoms with van der Waals surface area (Å²) >= 11 is 0. The molecule has 0 unspecified atom stereocenters. The van der Waals surface area contributed by atoms with Crippen LogP contribution in [0, 0.1) is 0 Å². The third-order valence-corrected chi connectivity index (χ3v) is 4.85. The van der Waals surface area contributed by atoms with Crippen molar-refractivity contribution in [1.82, 2.24) is 9.80 Å². The van der Waals surface area contributed by atoms with Gasteiger partial charge in [0.2, 0.25) is 0 Å². The van der Waals surface area contributed by atoms with Crippen molar-refractivity contribution in [3.63, 3.8) is 0 Å². The number of hydrogen-bond donors (Lipinski definition) is 2. The molecule has 8 heteroatoms. The summed E-state index contributed by atoms with van der Waals surface area (Å²) in [6.45, 7) is 2.38. The molecule has 2 fully saturated rings. The predicted octanol–water partition coefficient (Wildman–Crippen LogP) is 2.77. The molecule has 25 heavy (non-hydrogen) atoms. The van der Waals surface area contributed by atoms with Gasteiger partial charge >= 0.3 is 12.2 Å². The second-order valence-electron chi connectivity index (χ2n) is 6.65. The highest BCUT2D eigenvalue weighted by atomic mass is 19.4. The number of halogens is 3. The van der Waals surface area contributed by atoms with Crippen molar-refractivity contribution in [2.24, 2.45) is 0 Å². The van der Waals surface area contributed by atoms with E-state index in [1.807, 2.05) is 0 Å². The maximum absolute atomic E-state index is 12.8. The van der Waals surface area contributed by atoms with Gasteiger partial charge in [-0.3, -0.25) is 4.90 Å². The monoisotopic (exact) mass is 357 g/mol. The van der Waals surface area contributed by atoms with E-state index in [0.717, 1.165) is 38.1 Å². The van der Waals surface area contributed by atoms with Crippen molar-refractivity contribution in [3.8, 4) is 0 Å². The molecule has 0 aliphatic carbocycles. The van der Waals surface area contributed by atoms with Crippen molar-refractivity contribution >= 4 is 11.7 Å². The highest BCUT2D eigenvalue weighted by Crippen LogP contribution is 2.31. The SMILES string of the molecule is O=C(Nc1cccc(C(F)(F)F)c1)N1C[C@H](O)[C@@H](N2CCCCC2)C1. The van der Waals surface area contributed by atoms with Crippen LogP contribution in [0.25, 0.3) is 0 Å². The summed E-state index contributed by atoms with van der Waals surface area (Å²) in [6.07, 6.45) is -1.74. The normalized spacial score (nSPS) is 25.2. The van der Waals surface area contributed by atoms with Crippen molar-refractivity contribution < 1.29 is 23.1 Å². The minimum Gasteiger partial charge on any atom is -0.390 e. The van der Waals surface area contributed by atoms with Crippen LogP contribution in [0.4, 0.5) is 23.7 Å². The number of rotatable bonds is 2. The molecule has 2 N–H and O–H groups in total. The van der Waals surface area contributed by atoms with E-state index in [0.29, 0.717) is 6.54 Å². The molecule has 2 aliphatic rings. The Balaban J connectivity index is 1.62. The molecule has 0 aromatic heterocycles. The Bertz CT molecular complexity index is 617. The molecule has 0 spiro atoms.